The molecule has 3 rings (SSSR count). The van der Waals surface area contributed by atoms with Gasteiger partial charge in [-0.15, -0.1) is 0 Å². The molecule has 0 bridgehead atoms. The molecule has 0 unspecified atom stereocenters. The zero-order chi connectivity index (χ0) is 18.9. The highest BCUT2D eigenvalue weighted by Gasteiger charge is 2.28. The summed E-state index contributed by atoms with van der Waals surface area (Å²) in [6, 6.07) is 17.1. The van der Waals surface area contributed by atoms with Crippen molar-refractivity contribution in [2.24, 2.45) is 5.92 Å². The van der Waals surface area contributed by atoms with E-state index in [-0.39, 0.29) is 24.3 Å². The fourth-order valence-electron chi connectivity index (χ4n) is 2.45. The van der Waals surface area contributed by atoms with Gasteiger partial charge in [0.15, 0.2) is 6.61 Å². The molecule has 6 heteroatoms. The summed E-state index contributed by atoms with van der Waals surface area (Å²) in [5, 5.41) is 5.51. The van der Waals surface area contributed by atoms with Crippen LogP contribution in [0.5, 0.6) is 11.5 Å². The Bertz CT molecular complexity index is 743. The summed E-state index contributed by atoms with van der Waals surface area (Å²) in [6.45, 7) is 1.27. The Hall–Kier alpha value is -3.02. The number of hydrogen-bond acceptors (Lipinski definition) is 4. The van der Waals surface area contributed by atoms with Crippen molar-refractivity contribution in [1.29, 1.82) is 0 Å². The number of carbonyl (C=O) groups is 2. The molecule has 6 nitrogen and oxygen atoms in total. The fraction of sp³-hybridized carbons (Fsp3) is 0.333. The van der Waals surface area contributed by atoms with Crippen molar-refractivity contribution in [2.75, 3.05) is 19.7 Å². The molecule has 2 aromatic rings. The third-order valence-electron chi connectivity index (χ3n) is 4.14. The monoisotopic (exact) mass is 368 g/mol. The zero-order valence-electron chi connectivity index (χ0n) is 15.1. The summed E-state index contributed by atoms with van der Waals surface area (Å²) < 4.78 is 11.2. The standard InChI is InChI=1S/C21H24N2O4/c24-20(22-12-13-23-21(25)17-6-7-17)15-27-19-10-8-18(9-11-19)26-14-16-4-2-1-3-5-16/h1-5,8-11,17H,6-7,12-15H2,(H,22,24)(H,23,25). The van der Waals surface area contributed by atoms with E-state index in [1.165, 1.54) is 0 Å². The summed E-state index contributed by atoms with van der Waals surface area (Å²) in [4.78, 5) is 23.2. The fourth-order valence-corrected chi connectivity index (χ4v) is 2.45. The van der Waals surface area contributed by atoms with E-state index in [1.807, 2.05) is 42.5 Å². The molecular weight excluding hydrogens is 344 g/mol. The molecule has 2 aromatic carbocycles. The van der Waals surface area contributed by atoms with Crippen molar-refractivity contribution in [3.63, 3.8) is 0 Å². The maximum atomic E-state index is 11.8. The second-order valence-electron chi connectivity index (χ2n) is 6.45. The third-order valence-corrected chi connectivity index (χ3v) is 4.14. The van der Waals surface area contributed by atoms with Crippen LogP contribution in [0.2, 0.25) is 0 Å². The van der Waals surface area contributed by atoms with Crippen LogP contribution in [-0.2, 0) is 16.2 Å². The van der Waals surface area contributed by atoms with Crippen LogP contribution in [-0.4, -0.2) is 31.5 Å². The molecule has 2 amide bonds. The first-order valence-electron chi connectivity index (χ1n) is 9.15. The molecular formula is C21H24N2O4. The van der Waals surface area contributed by atoms with Crippen LogP contribution >= 0.6 is 0 Å². The van der Waals surface area contributed by atoms with Crippen molar-refractivity contribution in [3.8, 4) is 11.5 Å². The van der Waals surface area contributed by atoms with E-state index in [2.05, 4.69) is 10.6 Å². The van der Waals surface area contributed by atoms with Crippen molar-refractivity contribution in [2.45, 2.75) is 19.4 Å². The molecule has 0 heterocycles. The number of amides is 2. The predicted octanol–water partition coefficient (Wildman–Crippen LogP) is 2.29. The maximum Gasteiger partial charge on any atom is 0.258 e. The van der Waals surface area contributed by atoms with E-state index in [9.17, 15) is 9.59 Å². The first-order valence-corrected chi connectivity index (χ1v) is 9.15. The van der Waals surface area contributed by atoms with E-state index >= 15 is 0 Å². The Kier molecular flexibility index (Phi) is 6.68. The quantitative estimate of drug-likeness (QED) is 0.631. The smallest absolute Gasteiger partial charge is 0.258 e. The lowest BCUT2D eigenvalue weighted by Crippen LogP contribution is -2.37. The van der Waals surface area contributed by atoms with E-state index in [0.717, 1.165) is 24.2 Å². The molecule has 27 heavy (non-hydrogen) atoms. The summed E-state index contributed by atoms with van der Waals surface area (Å²) in [5.74, 6) is 1.38. The first kappa shape index (κ1) is 18.8. The minimum atomic E-state index is -0.222. The average molecular weight is 368 g/mol. The van der Waals surface area contributed by atoms with E-state index in [4.69, 9.17) is 9.47 Å². The molecule has 2 N–H and O–H groups in total. The van der Waals surface area contributed by atoms with Gasteiger partial charge in [0.2, 0.25) is 5.91 Å². The molecule has 0 aliphatic heterocycles. The van der Waals surface area contributed by atoms with Gasteiger partial charge in [-0.25, -0.2) is 0 Å². The van der Waals surface area contributed by atoms with Gasteiger partial charge in [0.05, 0.1) is 0 Å². The first-order chi connectivity index (χ1) is 13.2. The number of hydrogen-bond donors (Lipinski definition) is 2. The van der Waals surface area contributed by atoms with Gasteiger partial charge in [-0.05, 0) is 42.7 Å². The van der Waals surface area contributed by atoms with Crippen LogP contribution in [0.4, 0.5) is 0 Å². The highest BCUT2D eigenvalue weighted by molar-refractivity contribution is 5.81. The number of benzene rings is 2. The number of nitrogens with one attached hydrogen (secondary N) is 2. The van der Waals surface area contributed by atoms with Crippen molar-refractivity contribution < 1.29 is 19.1 Å². The molecule has 0 atom stereocenters. The zero-order valence-corrected chi connectivity index (χ0v) is 15.1. The molecule has 0 saturated heterocycles. The number of carbonyl (C=O) groups excluding carboxylic acids is 2. The van der Waals surface area contributed by atoms with Crippen LogP contribution in [0.3, 0.4) is 0 Å². The summed E-state index contributed by atoms with van der Waals surface area (Å²) in [7, 11) is 0. The largest absolute Gasteiger partial charge is 0.489 e. The SMILES string of the molecule is O=C(COc1ccc(OCc2ccccc2)cc1)NCCNC(=O)C1CC1. The molecule has 1 fully saturated rings. The van der Waals surface area contributed by atoms with Crippen LogP contribution in [0.15, 0.2) is 54.6 Å². The van der Waals surface area contributed by atoms with Crippen molar-refractivity contribution in [1.82, 2.24) is 10.6 Å². The molecule has 1 aliphatic rings. The second-order valence-corrected chi connectivity index (χ2v) is 6.45. The van der Waals surface area contributed by atoms with Crippen LogP contribution in [0, 0.1) is 5.92 Å². The minimum Gasteiger partial charge on any atom is -0.489 e. The number of rotatable bonds is 10. The lowest BCUT2D eigenvalue weighted by Gasteiger charge is -2.10. The van der Waals surface area contributed by atoms with Crippen molar-refractivity contribution >= 4 is 11.8 Å². The van der Waals surface area contributed by atoms with E-state index < -0.39 is 0 Å². The highest BCUT2D eigenvalue weighted by Crippen LogP contribution is 2.28. The third kappa shape index (κ3) is 6.66. The Morgan fingerprint density at radius 3 is 2.15 bits per heavy atom. The average Bonchev–Trinajstić information content (AvgIpc) is 3.55. The molecule has 0 aromatic heterocycles. The Morgan fingerprint density at radius 1 is 0.852 bits per heavy atom. The molecule has 0 radical (unpaired) electrons. The molecule has 0 spiro atoms. The van der Waals surface area contributed by atoms with Gasteiger partial charge in [0, 0.05) is 19.0 Å². The van der Waals surface area contributed by atoms with Gasteiger partial charge in [-0.2, -0.15) is 0 Å². The summed E-state index contributed by atoms with van der Waals surface area (Å²) in [6.07, 6.45) is 1.95. The second kappa shape index (κ2) is 9.62. The Balaban J connectivity index is 1.30. The lowest BCUT2D eigenvalue weighted by atomic mass is 10.2. The van der Waals surface area contributed by atoms with Crippen LogP contribution in [0.1, 0.15) is 18.4 Å². The number of ether oxygens (including phenoxy) is 2. The van der Waals surface area contributed by atoms with Gasteiger partial charge in [0.25, 0.3) is 5.91 Å². The molecule has 142 valence electrons. The maximum absolute atomic E-state index is 11.8. The van der Waals surface area contributed by atoms with Gasteiger partial charge < -0.3 is 20.1 Å². The van der Waals surface area contributed by atoms with Gasteiger partial charge in [-0.1, -0.05) is 30.3 Å². The van der Waals surface area contributed by atoms with E-state index in [0.29, 0.717) is 25.4 Å². The summed E-state index contributed by atoms with van der Waals surface area (Å²) in [5.41, 5.74) is 1.10. The Labute approximate surface area is 158 Å². The normalized spacial score (nSPS) is 12.9. The van der Waals surface area contributed by atoms with E-state index in [1.54, 1.807) is 12.1 Å². The topological polar surface area (TPSA) is 76.7 Å². The highest BCUT2D eigenvalue weighted by atomic mass is 16.5. The minimum absolute atomic E-state index is 0.0687. The van der Waals surface area contributed by atoms with Gasteiger partial charge in [-0.3, -0.25) is 9.59 Å². The van der Waals surface area contributed by atoms with Crippen molar-refractivity contribution in [3.05, 3.63) is 60.2 Å². The predicted molar refractivity (Wildman–Crippen MR) is 101 cm³/mol. The molecule has 1 saturated carbocycles. The van der Waals surface area contributed by atoms with Gasteiger partial charge >= 0.3 is 0 Å². The Morgan fingerprint density at radius 2 is 1.48 bits per heavy atom. The summed E-state index contributed by atoms with van der Waals surface area (Å²) >= 11 is 0. The lowest BCUT2D eigenvalue weighted by molar-refractivity contribution is -0.124. The van der Waals surface area contributed by atoms with Crippen LogP contribution in [0.25, 0.3) is 0 Å². The van der Waals surface area contributed by atoms with Crippen LogP contribution < -0.4 is 20.1 Å². The van der Waals surface area contributed by atoms with Gasteiger partial charge in [0.1, 0.15) is 18.1 Å². The molecule has 1 aliphatic carbocycles.